The Labute approximate surface area is 106 Å². The van der Waals surface area contributed by atoms with Gasteiger partial charge in [-0.2, -0.15) is 0 Å². The van der Waals surface area contributed by atoms with Crippen LogP contribution < -0.4 is 5.32 Å². The molecule has 0 atom stereocenters. The van der Waals surface area contributed by atoms with E-state index in [0.29, 0.717) is 11.3 Å². The van der Waals surface area contributed by atoms with E-state index in [4.69, 9.17) is 6.92 Å². The molecule has 1 aliphatic rings. The minimum absolute atomic E-state index is 0.0894. The number of nitrogens with zero attached hydrogens (tertiary/aromatic N) is 1. The van der Waals surface area contributed by atoms with Gasteiger partial charge in [0, 0.05) is 49.9 Å². The Hall–Kier alpha value is -1.81. The third kappa shape index (κ3) is 1.99. The van der Waals surface area contributed by atoms with Crippen molar-refractivity contribution in [2.45, 2.75) is 0 Å². The Morgan fingerprint density at radius 3 is 2.78 bits per heavy atom. The number of amides is 1. The van der Waals surface area contributed by atoms with Crippen molar-refractivity contribution in [2.24, 2.45) is 0 Å². The fraction of sp³-hybridized carbons (Fsp3) is 0.286. The van der Waals surface area contributed by atoms with E-state index in [9.17, 15) is 4.79 Å². The Kier molecular flexibility index (Phi) is 2.80. The van der Waals surface area contributed by atoms with Gasteiger partial charge in [0.25, 0.3) is 5.91 Å². The van der Waals surface area contributed by atoms with Gasteiger partial charge in [0.05, 0.1) is 0 Å². The highest BCUT2D eigenvalue weighted by molar-refractivity contribution is 5.98. The molecule has 4 nitrogen and oxygen atoms in total. The lowest BCUT2D eigenvalue weighted by atomic mass is 10.1. The summed E-state index contributed by atoms with van der Waals surface area (Å²) in [6.07, 6.45) is 0. The first kappa shape index (κ1) is 11.3. The molecule has 1 aromatic heterocycles. The fourth-order valence-corrected chi connectivity index (χ4v) is 2.33. The molecular weight excluding hydrogens is 226 g/mol. The summed E-state index contributed by atoms with van der Waals surface area (Å²) in [5.41, 5.74) is 2.25. The molecule has 0 bridgehead atoms. The van der Waals surface area contributed by atoms with Crippen LogP contribution in [-0.4, -0.2) is 42.0 Å². The lowest BCUT2D eigenvalue weighted by Gasteiger charge is -2.27. The van der Waals surface area contributed by atoms with Crippen LogP contribution >= 0.6 is 0 Å². The van der Waals surface area contributed by atoms with Crippen LogP contribution in [0.15, 0.2) is 24.3 Å². The second-order valence-electron chi connectivity index (χ2n) is 4.57. The van der Waals surface area contributed by atoms with Crippen LogP contribution in [-0.2, 0) is 0 Å². The predicted octanol–water partition coefficient (Wildman–Crippen LogP) is 1.27. The molecule has 0 aliphatic carbocycles. The standard InChI is InChI=1S/C14H15N3O/c1-10-8-11-2-3-12(9-13(11)16-10)14(18)17-6-4-15-5-7-17/h1-3,8-9,15-16H,4-7H2. The zero-order valence-corrected chi connectivity index (χ0v) is 10.1. The summed E-state index contributed by atoms with van der Waals surface area (Å²) in [6, 6.07) is 7.53. The molecule has 1 aromatic carbocycles. The highest BCUT2D eigenvalue weighted by atomic mass is 16.2. The first-order valence-electron chi connectivity index (χ1n) is 6.12. The third-order valence-electron chi connectivity index (χ3n) is 3.29. The van der Waals surface area contributed by atoms with Crippen LogP contribution in [0.4, 0.5) is 0 Å². The van der Waals surface area contributed by atoms with Gasteiger partial charge in [-0.3, -0.25) is 4.79 Å². The monoisotopic (exact) mass is 241 g/mol. The number of rotatable bonds is 1. The normalized spacial score (nSPS) is 16.2. The summed E-state index contributed by atoms with van der Waals surface area (Å²) in [4.78, 5) is 17.2. The molecule has 1 aliphatic heterocycles. The lowest BCUT2D eigenvalue weighted by molar-refractivity contribution is 0.0736. The average Bonchev–Trinajstić information content (AvgIpc) is 2.78. The minimum atomic E-state index is 0.0894. The van der Waals surface area contributed by atoms with Crippen molar-refractivity contribution in [3.05, 3.63) is 42.4 Å². The highest BCUT2D eigenvalue weighted by Crippen LogP contribution is 2.18. The summed E-state index contributed by atoms with van der Waals surface area (Å²) in [7, 11) is 0. The van der Waals surface area contributed by atoms with E-state index < -0.39 is 0 Å². The Morgan fingerprint density at radius 2 is 2.00 bits per heavy atom. The van der Waals surface area contributed by atoms with Crippen molar-refractivity contribution in [1.29, 1.82) is 0 Å². The quantitative estimate of drug-likeness (QED) is 0.790. The highest BCUT2D eigenvalue weighted by Gasteiger charge is 2.18. The van der Waals surface area contributed by atoms with Gasteiger partial charge >= 0.3 is 0 Å². The summed E-state index contributed by atoms with van der Waals surface area (Å²) >= 11 is 0. The van der Waals surface area contributed by atoms with E-state index in [1.165, 1.54) is 0 Å². The van der Waals surface area contributed by atoms with E-state index in [-0.39, 0.29) is 5.91 Å². The van der Waals surface area contributed by atoms with Crippen LogP contribution in [0.1, 0.15) is 16.1 Å². The van der Waals surface area contributed by atoms with E-state index in [1.807, 2.05) is 29.2 Å². The molecule has 92 valence electrons. The summed E-state index contributed by atoms with van der Waals surface area (Å²) in [5.74, 6) is 0.0894. The van der Waals surface area contributed by atoms with Gasteiger partial charge < -0.3 is 15.2 Å². The molecule has 2 radical (unpaired) electrons. The number of piperazine rings is 1. The van der Waals surface area contributed by atoms with Gasteiger partial charge in [-0.1, -0.05) is 6.07 Å². The van der Waals surface area contributed by atoms with Gasteiger partial charge in [0.15, 0.2) is 0 Å². The molecule has 2 heterocycles. The summed E-state index contributed by atoms with van der Waals surface area (Å²) in [6.45, 7) is 8.96. The smallest absolute Gasteiger partial charge is 0.254 e. The molecule has 4 heteroatoms. The number of H-pyrrole nitrogens is 1. The van der Waals surface area contributed by atoms with Crippen LogP contribution in [0.5, 0.6) is 0 Å². The van der Waals surface area contributed by atoms with Crippen molar-refractivity contribution in [1.82, 2.24) is 15.2 Å². The zero-order chi connectivity index (χ0) is 12.5. The molecule has 0 spiro atoms. The van der Waals surface area contributed by atoms with Crippen molar-refractivity contribution in [2.75, 3.05) is 26.2 Å². The first-order valence-corrected chi connectivity index (χ1v) is 6.12. The SMILES string of the molecule is [CH]c1cc2ccc(C(=O)N3CCNCC3)cc2[nH]1. The van der Waals surface area contributed by atoms with Gasteiger partial charge in [-0.25, -0.2) is 0 Å². The number of aromatic amines is 1. The Morgan fingerprint density at radius 1 is 1.22 bits per heavy atom. The summed E-state index contributed by atoms with van der Waals surface area (Å²) in [5, 5.41) is 4.27. The maximum Gasteiger partial charge on any atom is 0.254 e. The second kappa shape index (κ2) is 4.46. The number of carbonyl (C=O) groups excluding carboxylic acids is 1. The molecule has 2 N–H and O–H groups in total. The molecule has 2 aromatic rings. The molecule has 1 fully saturated rings. The van der Waals surface area contributed by atoms with Crippen molar-refractivity contribution < 1.29 is 4.79 Å². The molecule has 1 amide bonds. The minimum Gasteiger partial charge on any atom is -0.358 e. The largest absolute Gasteiger partial charge is 0.358 e. The zero-order valence-electron chi connectivity index (χ0n) is 10.1. The molecule has 0 saturated carbocycles. The first-order chi connectivity index (χ1) is 8.74. The molecule has 0 unspecified atom stereocenters. The van der Waals surface area contributed by atoms with Crippen LogP contribution in [0, 0.1) is 6.92 Å². The number of carbonyl (C=O) groups is 1. The summed E-state index contributed by atoms with van der Waals surface area (Å²) < 4.78 is 0. The number of hydrogen-bond acceptors (Lipinski definition) is 2. The van der Waals surface area contributed by atoms with Gasteiger partial charge in [-0.15, -0.1) is 0 Å². The van der Waals surface area contributed by atoms with E-state index in [0.717, 1.165) is 37.1 Å². The van der Waals surface area contributed by atoms with Crippen LogP contribution in [0.3, 0.4) is 0 Å². The average molecular weight is 241 g/mol. The number of hydrogen-bond donors (Lipinski definition) is 2. The molecular formula is C14H15N3O. The number of fused-ring (bicyclic) bond motifs is 1. The van der Waals surface area contributed by atoms with E-state index in [1.54, 1.807) is 0 Å². The van der Waals surface area contributed by atoms with Crippen LogP contribution in [0.2, 0.25) is 0 Å². The van der Waals surface area contributed by atoms with Gasteiger partial charge in [0.1, 0.15) is 0 Å². The fourth-order valence-electron chi connectivity index (χ4n) is 2.33. The number of aromatic nitrogens is 1. The number of benzene rings is 1. The molecule has 3 rings (SSSR count). The lowest BCUT2D eigenvalue weighted by Crippen LogP contribution is -2.46. The molecule has 18 heavy (non-hydrogen) atoms. The van der Waals surface area contributed by atoms with Crippen molar-refractivity contribution >= 4 is 16.8 Å². The Bertz CT molecular complexity index is 582. The second-order valence-corrected chi connectivity index (χ2v) is 4.57. The molecule has 1 saturated heterocycles. The topological polar surface area (TPSA) is 48.1 Å². The van der Waals surface area contributed by atoms with Crippen LogP contribution in [0.25, 0.3) is 10.9 Å². The maximum absolute atomic E-state index is 12.3. The predicted molar refractivity (Wildman–Crippen MR) is 70.5 cm³/mol. The van der Waals surface area contributed by atoms with E-state index in [2.05, 4.69) is 10.3 Å². The number of nitrogens with one attached hydrogen (secondary N) is 2. The third-order valence-corrected chi connectivity index (χ3v) is 3.29. The van der Waals surface area contributed by atoms with Crippen molar-refractivity contribution in [3.8, 4) is 0 Å². The van der Waals surface area contributed by atoms with Crippen molar-refractivity contribution in [3.63, 3.8) is 0 Å². The van der Waals surface area contributed by atoms with E-state index >= 15 is 0 Å². The maximum atomic E-state index is 12.3. The Balaban J connectivity index is 1.90. The van der Waals surface area contributed by atoms with Gasteiger partial charge in [0.2, 0.25) is 0 Å². The van der Waals surface area contributed by atoms with Gasteiger partial charge in [-0.05, 0) is 23.6 Å².